The van der Waals surface area contributed by atoms with E-state index in [-0.39, 0.29) is 18.0 Å². The molecule has 4 nitrogen and oxygen atoms in total. The van der Waals surface area contributed by atoms with Crippen LogP contribution in [0.4, 0.5) is 4.39 Å². The maximum Gasteiger partial charge on any atom is 0.193 e. The summed E-state index contributed by atoms with van der Waals surface area (Å²) in [5.41, 5.74) is 0.995. The zero-order valence-corrected chi connectivity index (χ0v) is 12.3. The van der Waals surface area contributed by atoms with Crippen molar-refractivity contribution in [1.82, 2.24) is 10.2 Å². The van der Waals surface area contributed by atoms with E-state index in [0.717, 1.165) is 31.2 Å². The summed E-state index contributed by atoms with van der Waals surface area (Å²) in [6.45, 7) is 6.45. The van der Waals surface area contributed by atoms with E-state index in [4.69, 9.17) is 4.74 Å². The van der Waals surface area contributed by atoms with Gasteiger partial charge in [-0.1, -0.05) is 12.1 Å². The van der Waals surface area contributed by atoms with Crippen LogP contribution in [0.2, 0.25) is 0 Å². The van der Waals surface area contributed by atoms with Crippen LogP contribution in [-0.4, -0.2) is 43.6 Å². The van der Waals surface area contributed by atoms with Crippen LogP contribution >= 0.6 is 0 Å². The number of hydrogen-bond acceptors (Lipinski definition) is 2. The van der Waals surface area contributed by atoms with E-state index >= 15 is 0 Å². The number of hydrogen-bond donors (Lipinski definition) is 1. The molecule has 2 atom stereocenters. The van der Waals surface area contributed by atoms with Crippen molar-refractivity contribution >= 4 is 5.96 Å². The molecule has 2 unspecified atom stereocenters. The van der Waals surface area contributed by atoms with Crippen molar-refractivity contribution in [3.05, 3.63) is 35.6 Å². The molecule has 5 heteroatoms. The molecule has 2 rings (SSSR count). The fourth-order valence-electron chi connectivity index (χ4n) is 2.48. The number of aliphatic imine (C=N–C) groups is 1. The van der Waals surface area contributed by atoms with Gasteiger partial charge in [-0.2, -0.15) is 0 Å². The Morgan fingerprint density at radius 2 is 2.10 bits per heavy atom. The van der Waals surface area contributed by atoms with Crippen molar-refractivity contribution in [2.45, 2.75) is 26.1 Å². The van der Waals surface area contributed by atoms with Gasteiger partial charge in [-0.15, -0.1) is 0 Å². The summed E-state index contributed by atoms with van der Waals surface area (Å²) < 4.78 is 19.0. The van der Waals surface area contributed by atoms with Crippen LogP contribution in [0.25, 0.3) is 0 Å². The lowest BCUT2D eigenvalue weighted by Gasteiger charge is -2.38. The number of guanidine groups is 1. The smallest absolute Gasteiger partial charge is 0.193 e. The van der Waals surface area contributed by atoms with Crippen LogP contribution in [0, 0.1) is 5.82 Å². The zero-order chi connectivity index (χ0) is 14.5. The first-order valence-electron chi connectivity index (χ1n) is 7.00. The Hall–Kier alpha value is -1.62. The molecular weight excluding hydrogens is 257 g/mol. The van der Waals surface area contributed by atoms with Gasteiger partial charge in [-0.05, 0) is 31.5 Å². The van der Waals surface area contributed by atoms with E-state index in [1.165, 1.54) is 12.1 Å². The molecule has 1 aliphatic rings. The maximum atomic E-state index is 13.0. The predicted molar refractivity (Wildman–Crippen MR) is 78.3 cm³/mol. The van der Waals surface area contributed by atoms with E-state index in [9.17, 15) is 4.39 Å². The van der Waals surface area contributed by atoms with Gasteiger partial charge in [0, 0.05) is 20.1 Å². The average molecular weight is 279 g/mol. The monoisotopic (exact) mass is 279 g/mol. The molecule has 0 bridgehead atoms. The molecule has 0 aliphatic carbocycles. The highest BCUT2D eigenvalue weighted by molar-refractivity contribution is 5.80. The highest BCUT2D eigenvalue weighted by atomic mass is 19.1. The van der Waals surface area contributed by atoms with Crippen molar-refractivity contribution < 1.29 is 9.13 Å². The summed E-state index contributed by atoms with van der Waals surface area (Å²) in [6.07, 6.45) is 0.0453. The Morgan fingerprint density at radius 3 is 2.70 bits per heavy atom. The second kappa shape index (κ2) is 6.70. The molecule has 20 heavy (non-hydrogen) atoms. The topological polar surface area (TPSA) is 36.9 Å². The Morgan fingerprint density at radius 1 is 1.40 bits per heavy atom. The minimum Gasteiger partial charge on any atom is -0.367 e. The largest absolute Gasteiger partial charge is 0.367 e. The van der Waals surface area contributed by atoms with Crippen LogP contribution in [-0.2, 0) is 4.74 Å². The van der Waals surface area contributed by atoms with Gasteiger partial charge in [0.05, 0.1) is 12.6 Å². The van der Waals surface area contributed by atoms with Gasteiger partial charge in [-0.25, -0.2) is 4.39 Å². The normalized spacial score (nSPS) is 23.8. The van der Waals surface area contributed by atoms with Crippen LogP contribution in [0.1, 0.15) is 25.5 Å². The molecule has 1 aromatic rings. The standard InChI is InChI=1S/C15H22FN3O/c1-4-18-15(17-3)19-9-11(2)20-14(10-19)12-5-7-13(16)8-6-12/h5-8,11,14H,4,9-10H2,1-3H3,(H,17,18). The molecule has 0 aromatic heterocycles. The third kappa shape index (κ3) is 3.48. The quantitative estimate of drug-likeness (QED) is 0.666. The summed E-state index contributed by atoms with van der Waals surface area (Å²) in [5.74, 6) is 0.660. The van der Waals surface area contributed by atoms with Crippen molar-refractivity contribution in [2.75, 3.05) is 26.7 Å². The molecule has 0 saturated carbocycles. The van der Waals surface area contributed by atoms with Gasteiger partial charge in [-0.3, -0.25) is 4.99 Å². The molecular formula is C15H22FN3O. The fraction of sp³-hybridized carbons (Fsp3) is 0.533. The SMILES string of the molecule is CCNC(=NC)N1CC(C)OC(c2ccc(F)cc2)C1. The van der Waals surface area contributed by atoms with Crippen LogP contribution < -0.4 is 5.32 Å². The molecule has 1 N–H and O–H groups in total. The number of nitrogens with zero attached hydrogens (tertiary/aromatic N) is 2. The average Bonchev–Trinajstić information content (AvgIpc) is 2.44. The van der Waals surface area contributed by atoms with Gasteiger partial charge in [0.2, 0.25) is 0 Å². The van der Waals surface area contributed by atoms with E-state index in [0.29, 0.717) is 0 Å². The number of halogens is 1. The maximum absolute atomic E-state index is 13.0. The van der Waals surface area contributed by atoms with Crippen molar-refractivity contribution in [3.8, 4) is 0 Å². The lowest BCUT2D eigenvalue weighted by Crippen LogP contribution is -2.50. The first kappa shape index (κ1) is 14.8. The third-order valence-electron chi connectivity index (χ3n) is 3.35. The Labute approximate surface area is 119 Å². The minimum absolute atomic E-state index is 0.0604. The summed E-state index contributed by atoms with van der Waals surface area (Å²) >= 11 is 0. The lowest BCUT2D eigenvalue weighted by molar-refractivity contribution is -0.0604. The molecule has 1 aliphatic heterocycles. The predicted octanol–water partition coefficient (Wildman–Crippen LogP) is 2.18. The van der Waals surface area contributed by atoms with Gasteiger partial charge < -0.3 is 15.0 Å². The summed E-state index contributed by atoms with van der Waals surface area (Å²) in [7, 11) is 1.78. The lowest BCUT2D eigenvalue weighted by atomic mass is 10.1. The Bertz CT molecular complexity index is 461. The fourth-order valence-corrected chi connectivity index (χ4v) is 2.48. The summed E-state index contributed by atoms with van der Waals surface area (Å²) in [6, 6.07) is 6.52. The third-order valence-corrected chi connectivity index (χ3v) is 3.35. The minimum atomic E-state index is -0.224. The molecule has 1 heterocycles. The number of benzene rings is 1. The second-order valence-electron chi connectivity index (χ2n) is 4.97. The molecule has 1 fully saturated rings. The molecule has 0 radical (unpaired) electrons. The molecule has 110 valence electrons. The molecule has 0 amide bonds. The van der Waals surface area contributed by atoms with Crippen LogP contribution in [0.5, 0.6) is 0 Å². The number of morpholine rings is 1. The highest BCUT2D eigenvalue weighted by Gasteiger charge is 2.28. The van der Waals surface area contributed by atoms with Crippen molar-refractivity contribution in [1.29, 1.82) is 0 Å². The van der Waals surface area contributed by atoms with E-state index in [1.54, 1.807) is 19.2 Å². The van der Waals surface area contributed by atoms with Gasteiger partial charge >= 0.3 is 0 Å². The Kier molecular flexibility index (Phi) is 4.95. The first-order valence-corrected chi connectivity index (χ1v) is 7.00. The van der Waals surface area contributed by atoms with Gasteiger partial charge in [0.25, 0.3) is 0 Å². The zero-order valence-electron chi connectivity index (χ0n) is 12.3. The highest BCUT2D eigenvalue weighted by Crippen LogP contribution is 2.25. The molecule has 1 saturated heterocycles. The number of ether oxygens (including phenoxy) is 1. The summed E-state index contributed by atoms with van der Waals surface area (Å²) in [5, 5.41) is 3.26. The van der Waals surface area contributed by atoms with E-state index in [2.05, 4.69) is 15.2 Å². The van der Waals surface area contributed by atoms with Crippen molar-refractivity contribution in [3.63, 3.8) is 0 Å². The first-order chi connectivity index (χ1) is 9.63. The van der Waals surface area contributed by atoms with E-state index < -0.39 is 0 Å². The van der Waals surface area contributed by atoms with Crippen molar-refractivity contribution in [2.24, 2.45) is 4.99 Å². The second-order valence-corrected chi connectivity index (χ2v) is 4.97. The Balaban J connectivity index is 2.13. The van der Waals surface area contributed by atoms with Gasteiger partial charge in [0.15, 0.2) is 5.96 Å². The molecule has 1 aromatic carbocycles. The number of nitrogens with one attached hydrogen (secondary N) is 1. The van der Waals surface area contributed by atoms with Gasteiger partial charge in [0.1, 0.15) is 11.9 Å². The van der Waals surface area contributed by atoms with Crippen LogP contribution in [0.15, 0.2) is 29.3 Å². The van der Waals surface area contributed by atoms with E-state index in [1.807, 2.05) is 13.8 Å². The number of rotatable bonds is 2. The molecule has 0 spiro atoms. The summed E-state index contributed by atoms with van der Waals surface area (Å²) in [4.78, 5) is 6.48. The van der Waals surface area contributed by atoms with Crippen LogP contribution in [0.3, 0.4) is 0 Å².